The van der Waals surface area contributed by atoms with Gasteiger partial charge < -0.3 is 23.8 Å². The van der Waals surface area contributed by atoms with Crippen LogP contribution in [0.2, 0.25) is 0 Å². The van der Waals surface area contributed by atoms with Crippen LogP contribution in [0.5, 0.6) is 11.5 Å². The van der Waals surface area contributed by atoms with Gasteiger partial charge in [-0.05, 0) is 44.5 Å². The summed E-state index contributed by atoms with van der Waals surface area (Å²) in [5.41, 5.74) is 0.612. The molecular formula is C21H28N2O6. The van der Waals surface area contributed by atoms with Crippen LogP contribution in [0.25, 0.3) is 0 Å². The molecule has 4 rings (SSSR count). The number of benzene rings is 1. The second-order valence-corrected chi connectivity index (χ2v) is 7.99. The summed E-state index contributed by atoms with van der Waals surface area (Å²) in [7, 11) is 1.58. The molecule has 1 amide bonds. The molecule has 0 bridgehead atoms. The normalized spacial score (nSPS) is 20.8. The van der Waals surface area contributed by atoms with Gasteiger partial charge in [-0.2, -0.15) is 0 Å². The third-order valence-electron chi connectivity index (χ3n) is 6.22. The van der Waals surface area contributed by atoms with E-state index in [0.29, 0.717) is 30.2 Å². The third-order valence-corrected chi connectivity index (χ3v) is 6.22. The van der Waals surface area contributed by atoms with Crippen molar-refractivity contribution in [3.8, 4) is 11.5 Å². The van der Waals surface area contributed by atoms with Crippen molar-refractivity contribution < 1.29 is 28.5 Å². The summed E-state index contributed by atoms with van der Waals surface area (Å²) in [6.45, 7) is 5.38. The number of hydrogen-bond donors (Lipinski definition) is 0. The van der Waals surface area contributed by atoms with Crippen LogP contribution >= 0.6 is 0 Å². The van der Waals surface area contributed by atoms with E-state index in [4.69, 9.17) is 18.9 Å². The summed E-state index contributed by atoms with van der Waals surface area (Å²) < 4.78 is 21.5. The van der Waals surface area contributed by atoms with Crippen molar-refractivity contribution in [2.45, 2.75) is 37.8 Å². The Kier molecular flexibility index (Phi) is 5.65. The minimum atomic E-state index is -0.649. The Balaban J connectivity index is 1.28. The number of fused-ring (bicyclic) bond motifs is 1. The van der Waals surface area contributed by atoms with Gasteiger partial charge in [-0.25, -0.2) is 4.79 Å². The molecule has 3 aliphatic heterocycles. The molecule has 1 spiro atoms. The fourth-order valence-corrected chi connectivity index (χ4v) is 4.14. The molecule has 0 unspecified atom stereocenters. The Morgan fingerprint density at radius 3 is 2.79 bits per heavy atom. The number of piperidine rings is 1. The molecule has 1 aromatic rings. The van der Waals surface area contributed by atoms with Crippen LogP contribution in [0.1, 0.15) is 36.5 Å². The standard InChI is InChI=1S/C21H28N2O6/c1-15(19(24)16-5-6-17-18(11-16)29-14-28-17)22(2)20(25)27-10-9-23-8-4-3-7-21(23)12-26-13-21/h5-6,11,15H,3-4,7-10,12-14H2,1-2H3/t15-/m0/s1. The van der Waals surface area contributed by atoms with Gasteiger partial charge in [-0.1, -0.05) is 6.42 Å². The molecule has 0 saturated carbocycles. The number of ether oxygens (including phenoxy) is 4. The minimum absolute atomic E-state index is 0.138. The third kappa shape index (κ3) is 3.91. The first-order valence-corrected chi connectivity index (χ1v) is 10.2. The summed E-state index contributed by atoms with van der Waals surface area (Å²) >= 11 is 0. The molecule has 158 valence electrons. The zero-order valence-corrected chi connectivity index (χ0v) is 17.0. The molecule has 8 heteroatoms. The monoisotopic (exact) mass is 404 g/mol. The highest BCUT2D eigenvalue weighted by atomic mass is 16.7. The van der Waals surface area contributed by atoms with E-state index in [1.807, 2.05) is 0 Å². The smallest absolute Gasteiger partial charge is 0.410 e. The lowest BCUT2D eigenvalue weighted by molar-refractivity contribution is -0.158. The van der Waals surface area contributed by atoms with Crippen molar-refractivity contribution in [2.24, 2.45) is 0 Å². The van der Waals surface area contributed by atoms with E-state index < -0.39 is 12.1 Å². The lowest BCUT2D eigenvalue weighted by Gasteiger charge is -2.52. The topological polar surface area (TPSA) is 77.5 Å². The Labute approximate surface area is 170 Å². The number of nitrogens with zero attached hydrogens (tertiary/aromatic N) is 2. The van der Waals surface area contributed by atoms with Crippen molar-refractivity contribution in [1.29, 1.82) is 0 Å². The fourth-order valence-electron chi connectivity index (χ4n) is 4.14. The zero-order chi connectivity index (χ0) is 20.4. The summed E-state index contributed by atoms with van der Waals surface area (Å²) in [4.78, 5) is 29.0. The molecule has 1 aromatic carbocycles. The molecule has 0 aromatic heterocycles. The van der Waals surface area contributed by atoms with Gasteiger partial charge in [-0.15, -0.1) is 0 Å². The lowest BCUT2D eigenvalue weighted by atomic mass is 9.85. The van der Waals surface area contributed by atoms with Gasteiger partial charge in [-0.3, -0.25) is 9.69 Å². The Hall–Kier alpha value is -2.32. The predicted molar refractivity (Wildman–Crippen MR) is 104 cm³/mol. The Morgan fingerprint density at radius 1 is 1.24 bits per heavy atom. The van der Waals surface area contributed by atoms with Crippen LogP contribution in [0.15, 0.2) is 18.2 Å². The Morgan fingerprint density at radius 2 is 2.03 bits per heavy atom. The van der Waals surface area contributed by atoms with Gasteiger partial charge in [0.2, 0.25) is 6.79 Å². The summed E-state index contributed by atoms with van der Waals surface area (Å²) in [6, 6.07) is 4.39. The van der Waals surface area contributed by atoms with Crippen LogP contribution in [-0.4, -0.2) is 80.0 Å². The van der Waals surface area contributed by atoms with Crippen molar-refractivity contribution in [3.05, 3.63) is 23.8 Å². The maximum Gasteiger partial charge on any atom is 0.410 e. The second-order valence-electron chi connectivity index (χ2n) is 7.99. The highest BCUT2D eigenvalue weighted by Crippen LogP contribution is 2.34. The number of carbonyl (C=O) groups excluding carboxylic acids is 2. The number of likely N-dealkylation sites (tertiary alicyclic amines) is 1. The highest BCUT2D eigenvalue weighted by molar-refractivity contribution is 6.01. The molecule has 8 nitrogen and oxygen atoms in total. The number of carbonyl (C=O) groups is 2. The van der Waals surface area contributed by atoms with E-state index in [2.05, 4.69) is 4.90 Å². The molecule has 3 aliphatic rings. The average Bonchev–Trinajstić information content (AvgIpc) is 3.19. The number of amides is 1. The van der Waals surface area contributed by atoms with E-state index in [0.717, 1.165) is 32.6 Å². The SMILES string of the molecule is C[C@@H](C(=O)c1ccc2c(c1)OCO2)N(C)C(=O)OCCN1CCCCC12COC2. The second kappa shape index (κ2) is 8.20. The number of ketones is 1. The first-order valence-electron chi connectivity index (χ1n) is 10.2. The summed E-state index contributed by atoms with van der Waals surface area (Å²) in [5.74, 6) is 0.988. The van der Waals surface area contributed by atoms with E-state index in [9.17, 15) is 9.59 Å². The quantitative estimate of drug-likeness (QED) is 0.674. The molecular weight excluding hydrogens is 376 g/mol. The van der Waals surface area contributed by atoms with Gasteiger partial charge in [0.05, 0.1) is 24.8 Å². The van der Waals surface area contributed by atoms with Crippen LogP contribution < -0.4 is 9.47 Å². The van der Waals surface area contributed by atoms with Gasteiger partial charge in [0, 0.05) is 19.2 Å². The first kappa shape index (κ1) is 20.0. The number of rotatable bonds is 6. The minimum Gasteiger partial charge on any atom is -0.454 e. The van der Waals surface area contributed by atoms with Crippen molar-refractivity contribution in [3.63, 3.8) is 0 Å². The summed E-state index contributed by atoms with van der Waals surface area (Å²) in [5, 5.41) is 0. The van der Waals surface area contributed by atoms with Crippen LogP contribution in [0.4, 0.5) is 4.79 Å². The largest absolute Gasteiger partial charge is 0.454 e. The molecule has 3 heterocycles. The van der Waals surface area contributed by atoms with E-state index in [1.165, 1.54) is 11.3 Å². The molecule has 2 fully saturated rings. The molecule has 1 atom stereocenters. The first-order chi connectivity index (χ1) is 14.0. The Bertz CT molecular complexity index is 778. The van der Waals surface area contributed by atoms with Crippen LogP contribution in [0, 0.1) is 0 Å². The van der Waals surface area contributed by atoms with E-state index in [-0.39, 0.29) is 18.1 Å². The molecule has 0 radical (unpaired) electrons. The van der Waals surface area contributed by atoms with E-state index >= 15 is 0 Å². The number of hydrogen-bond acceptors (Lipinski definition) is 7. The van der Waals surface area contributed by atoms with Crippen molar-refractivity contribution >= 4 is 11.9 Å². The predicted octanol–water partition coefficient (Wildman–Crippen LogP) is 2.31. The lowest BCUT2D eigenvalue weighted by Crippen LogP contribution is -2.64. The molecule has 0 aliphatic carbocycles. The molecule has 29 heavy (non-hydrogen) atoms. The van der Waals surface area contributed by atoms with Crippen molar-refractivity contribution in [2.75, 3.05) is 46.8 Å². The zero-order valence-electron chi connectivity index (χ0n) is 17.0. The molecule has 2 saturated heterocycles. The fraction of sp³-hybridized carbons (Fsp3) is 0.619. The molecule has 0 N–H and O–H groups in total. The van der Waals surface area contributed by atoms with E-state index in [1.54, 1.807) is 32.2 Å². The highest BCUT2D eigenvalue weighted by Gasteiger charge is 2.45. The number of likely N-dealkylation sites (N-methyl/N-ethyl adjacent to an activating group) is 1. The maximum atomic E-state index is 12.8. The van der Waals surface area contributed by atoms with Gasteiger partial charge in [0.1, 0.15) is 6.61 Å². The van der Waals surface area contributed by atoms with Crippen molar-refractivity contribution in [1.82, 2.24) is 9.80 Å². The maximum absolute atomic E-state index is 12.8. The summed E-state index contributed by atoms with van der Waals surface area (Å²) in [6.07, 6.45) is 3.03. The van der Waals surface area contributed by atoms with Gasteiger partial charge >= 0.3 is 6.09 Å². The van der Waals surface area contributed by atoms with Crippen LogP contribution in [0.3, 0.4) is 0 Å². The average molecular weight is 404 g/mol. The van der Waals surface area contributed by atoms with Gasteiger partial charge in [0.25, 0.3) is 0 Å². The number of Topliss-reactive ketones (excluding diaryl/α,β-unsaturated/α-hetero) is 1. The van der Waals surface area contributed by atoms with Crippen LogP contribution in [-0.2, 0) is 9.47 Å². The van der Waals surface area contributed by atoms with Gasteiger partial charge in [0.15, 0.2) is 17.3 Å².